The number of rotatable bonds is 5. The molecule has 0 radical (unpaired) electrons. The lowest BCUT2D eigenvalue weighted by Gasteiger charge is -2.10. The van der Waals surface area contributed by atoms with Crippen LogP contribution in [0.1, 0.15) is 25.3 Å². The van der Waals surface area contributed by atoms with Gasteiger partial charge in [0.15, 0.2) is 0 Å². The van der Waals surface area contributed by atoms with Crippen molar-refractivity contribution in [2.45, 2.75) is 26.7 Å². The molecule has 1 rings (SSSR count). The average molecular weight is 255 g/mol. The van der Waals surface area contributed by atoms with Gasteiger partial charge in [-0.3, -0.25) is 4.79 Å². The quantitative estimate of drug-likeness (QED) is 0.849. The second-order valence-electron chi connectivity index (χ2n) is 4.39. The highest BCUT2D eigenvalue weighted by molar-refractivity contribution is 6.31. The van der Waals surface area contributed by atoms with Crippen molar-refractivity contribution < 1.29 is 4.79 Å². The van der Waals surface area contributed by atoms with Gasteiger partial charge in [-0.15, -0.1) is 0 Å². The third kappa shape index (κ3) is 4.75. The Morgan fingerprint density at radius 1 is 1.53 bits per heavy atom. The summed E-state index contributed by atoms with van der Waals surface area (Å²) < 4.78 is 0. The number of benzene rings is 1. The normalized spacial score (nSPS) is 12.2. The molecule has 3 nitrogen and oxygen atoms in total. The Morgan fingerprint density at radius 2 is 2.24 bits per heavy atom. The minimum atomic E-state index is 0.00988. The van der Waals surface area contributed by atoms with Gasteiger partial charge in [-0.05, 0) is 43.5 Å². The van der Waals surface area contributed by atoms with E-state index in [1.54, 1.807) is 6.07 Å². The zero-order chi connectivity index (χ0) is 12.8. The lowest BCUT2D eigenvalue weighted by molar-refractivity contribution is -0.116. The van der Waals surface area contributed by atoms with E-state index in [9.17, 15) is 4.79 Å². The first kappa shape index (κ1) is 14.0. The first-order chi connectivity index (χ1) is 8.02. The number of halogens is 1. The zero-order valence-electron chi connectivity index (χ0n) is 10.3. The van der Waals surface area contributed by atoms with Gasteiger partial charge in [-0.1, -0.05) is 24.6 Å². The van der Waals surface area contributed by atoms with Crippen molar-refractivity contribution in [2.75, 3.05) is 11.9 Å². The van der Waals surface area contributed by atoms with Gasteiger partial charge in [0.25, 0.3) is 0 Å². The first-order valence-corrected chi connectivity index (χ1v) is 6.16. The molecule has 4 heteroatoms. The van der Waals surface area contributed by atoms with Gasteiger partial charge in [0.1, 0.15) is 0 Å². The highest BCUT2D eigenvalue weighted by atomic mass is 35.5. The number of nitrogens with two attached hydrogens (primary N) is 1. The molecule has 1 aromatic rings. The molecule has 3 N–H and O–H groups in total. The molecule has 0 aliphatic rings. The fraction of sp³-hybridized carbons (Fsp3) is 0.462. The fourth-order valence-electron chi connectivity index (χ4n) is 1.44. The number of hydrogen-bond acceptors (Lipinski definition) is 2. The van der Waals surface area contributed by atoms with Crippen LogP contribution in [0.4, 0.5) is 5.69 Å². The van der Waals surface area contributed by atoms with Gasteiger partial charge in [0.05, 0.1) is 0 Å². The predicted octanol–water partition coefficient (Wildman–Crippen LogP) is 2.96. The number of hydrogen-bond donors (Lipinski definition) is 2. The summed E-state index contributed by atoms with van der Waals surface area (Å²) in [5, 5.41) is 3.49. The summed E-state index contributed by atoms with van der Waals surface area (Å²) in [6.45, 7) is 4.59. The molecule has 94 valence electrons. The standard InChI is InChI=1S/C13H19ClN2O/c1-9(8-15)3-6-13(17)16-12-7-11(14)5-4-10(12)2/h4-5,7,9H,3,6,8,15H2,1-2H3,(H,16,17). The predicted molar refractivity (Wildman–Crippen MR) is 72.3 cm³/mol. The first-order valence-electron chi connectivity index (χ1n) is 5.79. The van der Waals surface area contributed by atoms with E-state index < -0.39 is 0 Å². The van der Waals surface area contributed by atoms with E-state index in [1.165, 1.54) is 0 Å². The highest BCUT2D eigenvalue weighted by Crippen LogP contribution is 2.20. The maximum atomic E-state index is 11.7. The fourth-order valence-corrected chi connectivity index (χ4v) is 1.61. The van der Waals surface area contributed by atoms with Crippen LogP contribution in [-0.2, 0) is 4.79 Å². The minimum Gasteiger partial charge on any atom is -0.330 e. The smallest absolute Gasteiger partial charge is 0.224 e. The van der Waals surface area contributed by atoms with E-state index in [1.807, 2.05) is 26.0 Å². The van der Waals surface area contributed by atoms with Gasteiger partial charge in [0.2, 0.25) is 5.91 Å². The molecule has 0 aliphatic carbocycles. The van der Waals surface area contributed by atoms with Gasteiger partial charge in [-0.2, -0.15) is 0 Å². The Morgan fingerprint density at radius 3 is 2.88 bits per heavy atom. The molecular formula is C13H19ClN2O. The second-order valence-corrected chi connectivity index (χ2v) is 4.82. The van der Waals surface area contributed by atoms with Crippen LogP contribution in [0.5, 0.6) is 0 Å². The molecule has 17 heavy (non-hydrogen) atoms. The van der Waals surface area contributed by atoms with Crippen molar-refractivity contribution in [1.29, 1.82) is 0 Å². The minimum absolute atomic E-state index is 0.00988. The van der Waals surface area contributed by atoms with E-state index in [2.05, 4.69) is 5.32 Å². The van der Waals surface area contributed by atoms with Crippen molar-refractivity contribution in [3.05, 3.63) is 28.8 Å². The molecular weight excluding hydrogens is 236 g/mol. The molecule has 0 spiro atoms. The lowest BCUT2D eigenvalue weighted by atomic mass is 10.1. The number of aryl methyl sites for hydroxylation is 1. The summed E-state index contributed by atoms with van der Waals surface area (Å²) in [6, 6.07) is 5.46. The summed E-state index contributed by atoms with van der Waals surface area (Å²) in [5.74, 6) is 0.386. The molecule has 0 aromatic heterocycles. The number of anilines is 1. The summed E-state index contributed by atoms with van der Waals surface area (Å²) in [7, 11) is 0. The summed E-state index contributed by atoms with van der Waals surface area (Å²) in [5.41, 5.74) is 7.30. The second kappa shape index (κ2) is 6.62. The Hall–Kier alpha value is -1.06. The highest BCUT2D eigenvalue weighted by Gasteiger charge is 2.07. The van der Waals surface area contributed by atoms with Crippen LogP contribution in [0.2, 0.25) is 5.02 Å². The Bertz CT molecular complexity index is 393. The van der Waals surface area contributed by atoms with Crippen molar-refractivity contribution in [3.63, 3.8) is 0 Å². The van der Waals surface area contributed by atoms with E-state index in [0.717, 1.165) is 17.7 Å². The van der Waals surface area contributed by atoms with Crippen molar-refractivity contribution in [2.24, 2.45) is 11.7 Å². The molecule has 0 fully saturated rings. The van der Waals surface area contributed by atoms with E-state index in [0.29, 0.717) is 23.9 Å². The van der Waals surface area contributed by atoms with Crippen LogP contribution in [0, 0.1) is 12.8 Å². The van der Waals surface area contributed by atoms with Gasteiger partial charge >= 0.3 is 0 Å². The largest absolute Gasteiger partial charge is 0.330 e. The van der Waals surface area contributed by atoms with Crippen molar-refractivity contribution in [1.82, 2.24) is 0 Å². The van der Waals surface area contributed by atoms with Crippen LogP contribution in [-0.4, -0.2) is 12.5 Å². The molecule has 1 atom stereocenters. The van der Waals surface area contributed by atoms with Crippen LogP contribution >= 0.6 is 11.6 Å². The molecule has 1 amide bonds. The molecule has 1 aromatic carbocycles. The maximum Gasteiger partial charge on any atom is 0.224 e. The Kier molecular flexibility index (Phi) is 5.45. The van der Waals surface area contributed by atoms with Crippen molar-refractivity contribution >= 4 is 23.2 Å². The van der Waals surface area contributed by atoms with Gasteiger partial charge in [-0.25, -0.2) is 0 Å². The topological polar surface area (TPSA) is 55.1 Å². The third-order valence-corrected chi connectivity index (χ3v) is 2.98. The lowest BCUT2D eigenvalue weighted by Crippen LogP contribution is -2.16. The van der Waals surface area contributed by atoms with Gasteiger partial charge < -0.3 is 11.1 Å². The number of carbonyl (C=O) groups is 1. The SMILES string of the molecule is Cc1ccc(Cl)cc1NC(=O)CCC(C)CN. The monoisotopic (exact) mass is 254 g/mol. The molecule has 0 bridgehead atoms. The van der Waals surface area contributed by atoms with Gasteiger partial charge in [0, 0.05) is 17.1 Å². The van der Waals surface area contributed by atoms with Crippen molar-refractivity contribution in [3.8, 4) is 0 Å². The van der Waals surface area contributed by atoms with E-state index >= 15 is 0 Å². The Labute approximate surface area is 107 Å². The maximum absolute atomic E-state index is 11.7. The van der Waals surface area contributed by atoms with Crippen LogP contribution < -0.4 is 11.1 Å². The number of carbonyl (C=O) groups excluding carboxylic acids is 1. The average Bonchev–Trinajstić information content (AvgIpc) is 2.30. The third-order valence-electron chi connectivity index (χ3n) is 2.74. The van der Waals surface area contributed by atoms with Crippen LogP contribution in [0.25, 0.3) is 0 Å². The molecule has 1 unspecified atom stereocenters. The summed E-state index contributed by atoms with van der Waals surface area (Å²) >= 11 is 5.88. The summed E-state index contributed by atoms with van der Waals surface area (Å²) in [4.78, 5) is 11.7. The van der Waals surface area contributed by atoms with E-state index in [-0.39, 0.29) is 5.91 Å². The van der Waals surface area contributed by atoms with Crippen LogP contribution in [0.15, 0.2) is 18.2 Å². The molecule has 0 saturated heterocycles. The van der Waals surface area contributed by atoms with E-state index in [4.69, 9.17) is 17.3 Å². The Balaban J connectivity index is 2.53. The zero-order valence-corrected chi connectivity index (χ0v) is 11.1. The number of nitrogens with one attached hydrogen (secondary N) is 1. The molecule has 0 heterocycles. The molecule has 0 saturated carbocycles. The molecule has 0 aliphatic heterocycles. The summed E-state index contributed by atoms with van der Waals surface area (Å²) in [6.07, 6.45) is 1.30. The number of amides is 1. The van der Waals surface area contributed by atoms with Crippen LogP contribution in [0.3, 0.4) is 0 Å².